The highest BCUT2D eigenvalue weighted by Gasteiger charge is 2.19. The molecule has 0 spiro atoms. The van der Waals surface area contributed by atoms with Crippen LogP contribution in [0.4, 0.5) is 10.3 Å². The smallest absolute Gasteiger partial charge is 0.226 e. The predicted molar refractivity (Wildman–Crippen MR) is 85.4 cm³/mol. The SMILES string of the molecule is Cc1cc(C#N)nc(N2CCN(Cc3cccc(F)c3)CC2)n1. The number of hydrogen-bond donors (Lipinski definition) is 0. The molecule has 2 aromatic rings. The molecule has 1 aliphatic rings. The summed E-state index contributed by atoms with van der Waals surface area (Å²) in [5.41, 5.74) is 2.18. The van der Waals surface area contributed by atoms with Crippen molar-refractivity contribution in [3.63, 3.8) is 0 Å². The Kier molecular flexibility index (Phi) is 4.49. The normalized spacial score (nSPS) is 15.4. The summed E-state index contributed by atoms with van der Waals surface area (Å²) in [5.74, 6) is 0.422. The molecule has 0 radical (unpaired) electrons. The van der Waals surface area contributed by atoms with E-state index in [0.29, 0.717) is 11.6 Å². The van der Waals surface area contributed by atoms with Gasteiger partial charge in [0.1, 0.15) is 17.6 Å². The molecule has 3 rings (SSSR count). The molecular weight excluding hydrogens is 293 g/mol. The zero-order valence-electron chi connectivity index (χ0n) is 13.0. The first kappa shape index (κ1) is 15.4. The summed E-state index contributed by atoms with van der Waals surface area (Å²) in [6.45, 7) is 5.91. The Morgan fingerprint density at radius 3 is 2.65 bits per heavy atom. The molecule has 0 amide bonds. The van der Waals surface area contributed by atoms with E-state index >= 15 is 0 Å². The zero-order valence-corrected chi connectivity index (χ0v) is 13.0. The van der Waals surface area contributed by atoms with Crippen molar-refractivity contribution in [2.75, 3.05) is 31.1 Å². The predicted octanol–water partition coefficient (Wildman–Crippen LogP) is 2.12. The minimum atomic E-state index is -0.196. The molecule has 5 nitrogen and oxygen atoms in total. The highest BCUT2D eigenvalue weighted by atomic mass is 19.1. The van der Waals surface area contributed by atoms with E-state index in [0.717, 1.165) is 44.0 Å². The van der Waals surface area contributed by atoms with E-state index in [-0.39, 0.29) is 5.82 Å². The number of anilines is 1. The fraction of sp³-hybridized carbons (Fsp3) is 0.353. The van der Waals surface area contributed by atoms with E-state index in [4.69, 9.17) is 5.26 Å². The first-order valence-corrected chi connectivity index (χ1v) is 7.61. The fourth-order valence-corrected chi connectivity index (χ4v) is 2.75. The summed E-state index contributed by atoms with van der Waals surface area (Å²) in [4.78, 5) is 13.1. The van der Waals surface area contributed by atoms with Gasteiger partial charge >= 0.3 is 0 Å². The van der Waals surface area contributed by atoms with E-state index in [9.17, 15) is 4.39 Å². The number of piperazine rings is 1. The van der Waals surface area contributed by atoms with Crippen LogP contribution in [0.2, 0.25) is 0 Å². The van der Waals surface area contributed by atoms with Crippen molar-refractivity contribution in [2.24, 2.45) is 0 Å². The molecule has 118 valence electrons. The molecule has 0 unspecified atom stereocenters. The number of nitriles is 1. The van der Waals surface area contributed by atoms with Crippen LogP contribution in [0.15, 0.2) is 30.3 Å². The van der Waals surface area contributed by atoms with Crippen molar-refractivity contribution in [2.45, 2.75) is 13.5 Å². The number of rotatable bonds is 3. The monoisotopic (exact) mass is 311 g/mol. The number of aryl methyl sites for hydroxylation is 1. The summed E-state index contributed by atoms with van der Waals surface area (Å²) in [6.07, 6.45) is 0. The molecule has 0 bridgehead atoms. The van der Waals surface area contributed by atoms with Gasteiger partial charge in [-0.05, 0) is 30.7 Å². The quantitative estimate of drug-likeness (QED) is 0.869. The topological polar surface area (TPSA) is 56.1 Å². The molecule has 1 aromatic heterocycles. The Bertz CT molecular complexity index is 732. The van der Waals surface area contributed by atoms with Crippen molar-refractivity contribution < 1.29 is 4.39 Å². The van der Waals surface area contributed by atoms with Crippen LogP contribution in [-0.4, -0.2) is 41.0 Å². The van der Waals surface area contributed by atoms with E-state index < -0.39 is 0 Å². The first-order valence-electron chi connectivity index (χ1n) is 7.61. The lowest BCUT2D eigenvalue weighted by atomic mass is 10.2. The molecule has 0 atom stereocenters. The standard InChI is InChI=1S/C17H18FN5/c1-13-9-16(11-19)21-17(20-13)23-7-5-22(6-8-23)12-14-3-2-4-15(18)10-14/h2-4,9-10H,5-8,12H2,1H3. The van der Waals surface area contributed by atoms with Gasteiger partial charge in [-0.2, -0.15) is 5.26 Å². The molecule has 0 N–H and O–H groups in total. The maximum Gasteiger partial charge on any atom is 0.226 e. The molecule has 23 heavy (non-hydrogen) atoms. The molecule has 2 heterocycles. The summed E-state index contributed by atoms with van der Waals surface area (Å²) in [7, 11) is 0. The van der Waals surface area contributed by atoms with Crippen LogP contribution >= 0.6 is 0 Å². The van der Waals surface area contributed by atoms with Crippen LogP contribution in [0.1, 0.15) is 17.0 Å². The second kappa shape index (κ2) is 6.71. The Morgan fingerprint density at radius 1 is 1.17 bits per heavy atom. The van der Waals surface area contributed by atoms with Gasteiger partial charge in [-0.25, -0.2) is 14.4 Å². The van der Waals surface area contributed by atoms with Gasteiger partial charge in [0.2, 0.25) is 5.95 Å². The van der Waals surface area contributed by atoms with E-state index in [2.05, 4.69) is 25.8 Å². The molecule has 0 saturated carbocycles. The van der Waals surface area contributed by atoms with Gasteiger partial charge in [0, 0.05) is 38.4 Å². The van der Waals surface area contributed by atoms with Crippen LogP contribution in [-0.2, 0) is 6.54 Å². The van der Waals surface area contributed by atoms with Gasteiger partial charge in [0.25, 0.3) is 0 Å². The van der Waals surface area contributed by atoms with Gasteiger partial charge < -0.3 is 4.90 Å². The average molecular weight is 311 g/mol. The zero-order chi connectivity index (χ0) is 16.2. The minimum absolute atomic E-state index is 0.196. The van der Waals surface area contributed by atoms with Crippen LogP contribution < -0.4 is 4.90 Å². The van der Waals surface area contributed by atoms with Crippen LogP contribution in [0.5, 0.6) is 0 Å². The van der Waals surface area contributed by atoms with Gasteiger partial charge in [-0.1, -0.05) is 12.1 Å². The summed E-state index contributed by atoms with van der Waals surface area (Å²) >= 11 is 0. The lowest BCUT2D eigenvalue weighted by molar-refractivity contribution is 0.248. The lowest BCUT2D eigenvalue weighted by Crippen LogP contribution is -2.46. The molecular formula is C17H18FN5. The number of hydrogen-bond acceptors (Lipinski definition) is 5. The van der Waals surface area contributed by atoms with Gasteiger partial charge in [-0.15, -0.1) is 0 Å². The summed E-state index contributed by atoms with van der Waals surface area (Å²) < 4.78 is 13.2. The third kappa shape index (κ3) is 3.82. The van der Waals surface area contributed by atoms with Gasteiger partial charge in [-0.3, -0.25) is 4.90 Å². The van der Waals surface area contributed by atoms with E-state index in [1.165, 1.54) is 6.07 Å². The fourth-order valence-electron chi connectivity index (χ4n) is 2.75. The minimum Gasteiger partial charge on any atom is -0.338 e. The van der Waals surface area contributed by atoms with Crippen molar-refractivity contribution >= 4 is 5.95 Å². The summed E-state index contributed by atoms with van der Waals surface area (Å²) in [6, 6.07) is 10.5. The van der Waals surface area contributed by atoms with E-state index in [1.54, 1.807) is 18.2 Å². The third-order valence-electron chi connectivity index (χ3n) is 3.91. The molecule has 1 saturated heterocycles. The second-order valence-electron chi connectivity index (χ2n) is 5.70. The second-order valence-corrected chi connectivity index (χ2v) is 5.70. The highest BCUT2D eigenvalue weighted by Crippen LogP contribution is 2.15. The molecule has 1 fully saturated rings. The van der Waals surface area contributed by atoms with Gasteiger partial charge in [0.15, 0.2) is 0 Å². The van der Waals surface area contributed by atoms with Crippen LogP contribution in [0.3, 0.4) is 0 Å². The number of halogens is 1. The Hall–Kier alpha value is -2.52. The lowest BCUT2D eigenvalue weighted by Gasteiger charge is -2.34. The molecule has 1 aromatic carbocycles. The highest BCUT2D eigenvalue weighted by molar-refractivity contribution is 5.36. The van der Waals surface area contributed by atoms with Crippen LogP contribution in [0, 0.1) is 24.1 Å². The van der Waals surface area contributed by atoms with Crippen LogP contribution in [0.25, 0.3) is 0 Å². The maximum atomic E-state index is 13.2. The maximum absolute atomic E-state index is 13.2. The summed E-state index contributed by atoms with van der Waals surface area (Å²) in [5, 5.41) is 9.02. The van der Waals surface area contributed by atoms with Gasteiger partial charge in [0.05, 0.1) is 0 Å². The van der Waals surface area contributed by atoms with Crippen molar-refractivity contribution in [3.05, 3.63) is 53.1 Å². The Morgan fingerprint density at radius 2 is 1.96 bits per heavy atom. The first-order chi connectivity index (χ1) is 11.1. The molecule has 0 aliphatic carbocycles. The largest absolute Gasteiger partial charge is 0.338 e. The van der Waals surface area contributed by atoms with Crippen molar-refractivity contribution in [1.29, 1.82) is 5.26 Å². The molecule has 1 aliphatic heterocycles. The Labute approximate surface area is 135 Å². The third-order valence-corrected chi connectivity index (χ3v) is 3.91. The van der Waals surface area contributed by atoms with E-state index in [1.807, 2.05) is 13.0 Å². The molecule has 6 heteroatoms. The Balaban J connectivity index is 1.62. The average Bonchev–Trinajstić information content (AvgIpc) is 2.55. The number of nitrogens with zero attached hydrogens (tertiary/aromatic N) is 5. The number of aromatic nitrogens is 2. The van der Waals surface area contributed by atoms with Crippen molar-refractivity contribution in [1.82, 2.24) is 14.9 Å². The van der Waals surface area contributed by atoms with Crippen molar-refractivity contribution in [3.8, 4) is 6.07 Å². The number of benzene rings is 1.